The summed E-state index contributed by atoms with van der Waals surface area (Å²) in [6.45, 7) is 0. The second kappa shape index (κ2) is 8.43. The maximum atomic E-state index is 6.18. The van der Waals surface area contributed by atoms with Gasteiger partial charge in [-0.25, -0.2) is 0 Å². The first kappa shape index (κ1) is 17.9. The van der Waals surface area contributed by atoms with Crippen molar-refractivity contribution >= 4 is 50.4 Å². The molecule has 126 valence electrons. The van der Waals surface area contributed by atoms with E-state index < -0.39 is 0 Å². The molecule has 1 aliphatic carbocycles. The number of halogens is 2. The fourth-order valence-electron chi connectivity index (χ4n) is 2.47. The number of H-pyrrole nitrogens is 1. The van der Waals surface area contributed by atoms with E-state index in [0.29, 0.717) is 0 Å². The van der Waals surface area contributed by atoms with E-state index in [1.165, 1.54) is 23.9 Å². The number of para-hydroxylation sites is 1. The van der Waals surface area contributed by atoms with Crippen molar-refractivity contribution in [1.29, 1.82) is 0 Å². The molecule has 0 unspecified atom stereocenters. The standard InChI is InChI=1S/C15H11BrClN.C4H9NS/c16-13-6-3-5-11-9-12(18-15(11)13)8-10-4-1-2-7-14(10)17;1-5-6-4-2-3-4/h1-7,9,18H,8H2;4-5H,2-3H2,1H3. The van der Waals surface area contributed by atoms with Crippen LogP contribution in [0, 0.1) is 0 Å². The Bertz CT molecular complexity index is 814. The second-order valence-electron chi connectivity index (χ2n) is 5.79. The van der Waals surface area contributed by atoms with Crippen LogP contribution in [0.4, 0.5) is 0 Å². The molecule has 1 fully saturated rings. The molecule has 2 nitrogen and oxygen atoms in total. The normalized spacial score (nSPS) is 13.6. The monoisotopic (exact) mass is 422 g/mol. The minimum Gasteiger partial charge on any atom is -0.357 e. The highest BCUT2D eigenvalue weighted by Crippen LogP contribution is 2.31. The first-order chi connectivity index (χ1) is 11.7. The van der Waals surface area contributed by atoms with Crippen LogP contribution in [-0.4, -0.2) is 17.3 Å². The lowest BCUT2D eigenvalue weighted by atomic mass is 10.1. The van der Waals surface area contributed by atoms with Crippen molar-refractivity contribution < 1.29 is 0 Å². The first-order valence-electron chi connectivity index (χ1n) is 7.99. The lowest BCUT2D eigenvalue weighted by Crippen LogP contribution is -1.91. The molecule has 1 aliphatic rings. The van der Waals surface area contributed by atoms with E-state index in [0.717, 1.165) is 32.2 Å². The smallest absolute Gasteiger partial charge is 0.0600 e. The summed E-state index contributed by atoms with van der Waals surface area (Å²) in [7, 11) is 1.98. The summed E-state index contributed by atoms with van der Waals surface area (Å²) in [5.74, 6) is 0. The van der Waals surface area contributed by atoms with Crippen molar-refractivity contribution in [2.45, 2.75) is 24.5 Å². The Morgan fingerprint density at radius 1 is 1.21 bits per heavy atom. The molecule has 4 rings (SSSR count). The molecule has 0 aliphatic heterocycles. The zero-order chi connectivity index (χ0) is 16.9. The minimum absolute atomic E-state index is 0.815. The zero-order valence-electron chi connectivity index (χ0n) is 13.5. The lowest BCUT2D eigenvalue weighted by molar-refractivity contribution is 1.12. The van der Waals surface area contributed by atoms with Crippen LogP contribution in [0.3, 0.4) is 0 Å². The van der Waals surface area contributed by atoms with Crippen LogP contribution in [-0.2, 0) is 6.42 Å². The topological polar surface area (TPSA) is 27.8 Å². The molecule has 0 radical (unpaired) electrons. The van der Waals surface area contributed by atoms with Gasteiger partial charge in [0.25, 0.3) is 0 Å². The number of hydrogen-bond acceptors (Lipinski definition) is 2. The van der Waals surface area contributed by atoms with E-state index in [2.05, 4.69) is 43.8 Å². The van der Waals surface area contributed by atoms with Gasteiger partial charge < -0.3 is 4.98 Å². The van der Waals surface area contributed by atoms with Crippen molar-refractivity contribution in [3.63, 3.8) is 0 Å². The van der Waals surface area contributed by atoms with Gasteiger partial charge >= 0.3 is 0 Å². The van der Waals surface area contributed by atoms with Gasteiger partial charge in [0.05, 0.1) is 5.52 Å². The third-order valence-electron chi connectivity index (χ3n) is 3.81. The van der Waals surface area contributed by atoms with Gasteiger partial charge in [0.1, 0.15) is 0 Å². The number of rotatable bonds is 4. The van der Waals surface area contributed by atoms with E-state index in [-0.39, 0.29) is 0 Å². The summed E-state index contributed by atoms with van der Waals surface area (Å²) in [5, 5.41) is 2.98. The van der Waals surface area contributed by atoms with Gasteiger partial charge in [-0.2, -0.15) is 0 Å². The fraction of sp³-hybridized carbons (Fsp3) is 0.263. The van der Waals surface area contributed by atoms with Crippen LogP contribution in [0.1, 0.15) is 24.1 Å². The van der Waals surface area contributed by atoms with Gasteiger partial charge in [0.15, 0.2) is 0 Å². The first-order valence-corrected chi connectivity index (χ1v) is 10.0. The molecule has 1 aromatic heterocycles. The molecule has 0 atom stereocenters. The van der Waals surface area contributed by atoms with Gasteiger partial charge in [-0.3, -0.25) is 4.72 Å². The maximum Gasteiger partial charge on any atom is 0.0600 e. The largest absolute Gasteiger partial charge is 0.357 e. The number of fused-ring (bicyclic) bond motifs is 1. The molecule has 0 bridgehead atoms. The van der Waals surface area contributed by atoms with Crippen LogP contribution in [0.25, 0.3) is 10.9 Å². The molecule has 24 heavy (non-hydrogen) atoms. The number of aromatic amines is 1. The predicted molar refractivity (Wildman–Crippen MR) is 110 cm³/mol. The average molecular weight is 424 g/mol. The third kappa shape index (κ3) is 4.79. The fourth-order valence-corrected chi connectivity index (χ4v) is 3.86. The molecule has 3 aromatic rings. The SMILES string of the molecule is CNSC1CC1.Clc1ccccc1Cc1cc2cccc(Br)c2[nH]1. The van der Waals surface area contributed by atoms with Gasteiger partial charge in [-0.1, -0.05) is 53.9 Å². The summed E-state index contributed by atoms with van der Waals surface area (Å²) in [5.41, 5.74) is 3.45. The van der Waals surface area contributed by atoms with Crippen LogP contribution in [0.2, 0.25) is 5.02 Å². The number of benzene rings is 2. The number of nitrogens with one attached hydrogen (secondary N) is 2. The van der Waals surface area contributed by atoms with Crippen molar-refractivity contribution in [3.05, 3.63) is 69.3 Å². The van der Waals surface area contributed by atoms with Crippen molar-refractivity contribution in [1.82, 2.24) is 9.71 Å². The van der Waals surface area contributed by atoms with E-state index >= 15 is 0 Å². The molecule has 1 saturated carbocycles. The highest BCUT2D eigenvalue weighted by atomic mass is 79.9. The highest BCUT2D eigenvalue weighted by molar-refractivity contribution is 9.10. The Kier molecular flexibility index (Phi) is 6.28. The van der Waals surface area contributed by atoms with Gasteiger partial charge in [-0.15, -0.1) is 0 Å². The van der Waals surface area contributed by atoms with Crippen LogP contribution >= 0.6 is 39.5 Å². The molecular weight excluding hydrogens is 404 g/mol. The summed E-state index contributed by atoms with van der Waals surface area (Å²) in [6, 6.07) is 16.3. The summed E-state index contributed by atoms with van der Waals surface area (Å²) in [4.78, 5) is 3.43. The van der Waals surface area contributed by atoms with Gasteiger partial charge in [-0.05, 0) is 59.6 Å². The van der Waals surface area contributed by atoms with Crippen molar-refractivity contribution in [3.8, 4) is 0 Å². The minimum atomic E-state index is 0.815. The molecular formula is C19H20BrClN2S. The average Bonchev–Trinajstić information content (AvgIpc) is 3.29. The van der Waals surface area contributed by atoms with Crippen molar-refractivity contribution in [2.24, 2.45) is 0 Å². The molecule has 2 aromatic carbocycles. The van der Waals surface area contributed by atoms with E-state index in [9.17, 15) is 0 Å². The van der Waals surface area contributed by atoms with Crippen LogP contribution < -0.4 is 4.72 Å². The van der Waals surface area contributed by atoms with E-state index in [1.54, 1.807) is 0 Å². The Balaban J connectivity index is 0.000000238. The summed E-state index contributed by atoms with van der Waals surface area (Å²) < 4.78 is 4.13. The Morgan fingerprint density at radius 3 is 2.62 bits per heavy atom. The molecule has 2 N–H and O–H groups in total. The number of aromatic nitrogens is 1. The zero-order valence-corrected chi connectivity index (χ0v) is 16.6. The molecule has 5 heteroatoms. The maximum absolute atomic E-state index is 6.18. The quantitative estimate of drug-likeness (QED) is 0.490. The Labute approximate surface area is 160 Å². The summed E-state index contributed by atoms with van der Waals surface area (Å²) >= 11 is 11.6. The summed E-state index contributed by atoms with van der Waals surface area (Å²) in [6.07, 6.45) is 3.66. The van der Waals surface area contributed by atoms with E-state index in [1.807, 2.05) is 49.3 Å². The van der Waals surface area contributed by atoms with Crippen LogP contribution in [0.15, 0.2) is 53.0 Å². The Morgan fingerprint density at radius 2 is 2.00 bits per heavy atom. The lowest BCUT2D eigenvalue weighted by Gasteiger charge is -2.01. The second-order valence-corrected chi connectivity index (χ2v) is 8.36. The van der Waals surface area contributed by atoms with Crippen LogP contribution in [0.5, 0.6) is 0 Å². The predicted octanol–water partition coefficient (Wildman–Crippen LogP) is 6.19. The highest BCUT2D eigenvalue weighted by Gasteiger charge is 2.20. The number of hydrogen-bond donors (Lipinski definition) is 2. The Hall–Kier alpha value is -0.940. The molecule has 0 amide bonds. The van der Waals surface area contributed by atoms with Gasteiger partial charge in [0.2, 0.25) is 0 Å². The van der Waals surface area contributed by atoms with Crippen molar-refractivity contribution in [2.75, 3.05) is 7.05 Å². The molecule has 0 saturated heterocycles. The molecule has 1 heterocycles. The van der Waals surface area contributed by atoms with Gasteiger partial charge in [0, 0.05) is 32.2 Å². The third-order valence-corrected chi connectivity index (χ3v) is 5.88. The molecule has 0 spiro atoms. The van der Waals surface area contributed by atoms with E-state index in [4.69, 9.17) is 11.6 Å².